The van der Waals surface area contributed by atoms with Crippen LogP contribution in [0.1, 0.15) is 6.42 Å². The number of benzene rings is 1. The number of imide groups is 1. The number of hydrogen-bond donors (Lipinski definition) is 2. The fraction of sp³-hybridized carbons (Fsp3) is 0.235. The van der Waals surface area contributed by atoms with E-state index in [0.29, 0.717) is 16.6 Å². The molecule has 2 heterocycles. The van der Waals surface area contributed by atoms with E-state index >= 15 is 0 Å². The Balaban J connectivity index is 1.53. The number of anilines is 2. The first-order valence-corrected chi connectivity index (χ1v) is 9.87. The van der Waals surface area contributed by atoms with Gasteiger partial charge in [-0.05, 0) is 24.3 Å². The minimum absolute atomic E-state index is 0.175. The molecule has 11 heteroatoms. The summed E-state index contributed by atoms with van der Waals surface area (Å²) in [6.45, 7) is -0.415. The summed E-state index contributed by atoms with van der Waals surface area (Å²) in [6.07, 6.45) is 1.37. The van der Waals surface area contributed by atoms with E-state index in [0.717, 1.165) is 16.7 Å². The molecule has 28 heavy (non-hydrogen) atoms. The fourth-order valence-electron chi connectivity index (χ4n) is 2.41. The zero-order valence-corrected chi connectivity index (χ0v) is 16.3. The lowest BCUT2D eigenvalue weighted by molar-refractivity contribution is -0.131. The maximum atomic E-state index is 12.4. The number of nitrogens with zero attached hydrogens (tertiary/aromatic N) is 2. The molecule has 0 saturated carbocycles. The molecule has 1 aliphatic heterocycles. The molecule has 1 saturated heterocycles. The molecule has 3 rings (SSSR count). The third-order valence-corrected chi connectivity index (χ3v) is 5.49. The van der Waals surface area contributed by atoms with Crippen molar-refractivity contribution < 1.29 is 23.9 Å². The topological polar surface area (TPSA) is 118 Å². The highest BCUT2D eigenvalue weighted by Crippen LogP contribution is 2.29. The maximum Gasteiger partial charge on any atom is 0.289 e. The van der Waals surface area contributed by atoms with Crippen molar-refractivity contribution in [1.82, 2.24) is 9.88 Å². The summed E-state index contributed by atoms with van der Waals surface area (Å²) in [6, 6.07) is 6.64. The highest BCUT2D eigenvalue weighted by atomic mass is 32.2. The Bertz CT molecular complexity index is 885. The highest BCUT2D eigenvalue weighted by Gasteiger charge is 2.41. The van der Waals surface area contributed by atoms with Crippen LogP contribution in [0.2, 0.25) is 0 Å². The smallest absolute Gasteiger partial charge is 0.289 e. The molecule has 2 N–H and O–H groups in total. The Morgan fingerprint density at radius 2 is 1.93 bits per heavy atom. The molecule has 0 bridgehead atoms. The summed E-state index contributed by atoms with van der Waals surface area (Å²) in [4.78, 5) is 53.5. The normalized spacial score (nSPS) is 16.2. The van der Waals surface area contributed by atoms with Gasteiger partial charge >= 0.3 is 0 Å². The van der Waals surface area contributed by atoms with Crippen molar-refractivity contribution >= 4 is 56.9 Å². The lowest BCUT2D eigenvalue weighted by atomic mass is 10.2. The van der Waals surface area contributed by atoms with Gasteiger partial charge in [-0.25, -0.2) is 4.98 Å². The Morgan fingerprint density at radius 3 is 2.57 bits per heavy atom. The molecular formula is C17H16N4O5S2. The van der Waals surface area contributed by atoms with E-state index in [-0.39, 0.29) is 6.42 Å². The Labute approximate surface area is 168 Å². The van der Waals surface area contributed by atoms with Crippen LogP contribution in [0.25, 0.3) is 0 Å². The average molecular weight is 420 g/mol. The van der Waals surface area contributed by atoms with Gasteiger partial charge in [0.25, 0.3) is 5.24 Å². The quantitative estimate of drug-likeness (QED) is 0.705. The van der Waals surface area contributed by atoms with Gasteiger partial charge in [0.05, 0.1) is 7.11 Å². The summed E-state index contributed by atoms with van der Waals surface area (Å²) in [5, 5.41) is 5.89. The molecule has 9 nitrogen and oxygen atoms in total. The maximum absolute atomic E-state index is 12.4. The summed E-state index contributed by atoms with van der Waals surface area (Å²) in [5.74, 6) is -0.856. The second kappa shape index (κ2) is 8.85. The van der Waals surface area contributed by atoms with Gasteiger partial charge in [0.15, 0.2) is 5.13 Å². The molecule has 146 valence electrons. The minimum Gasteiger partial charge on any atom is -0.497 e. The first-order chi connectivity index (χ1) is 13.5. The van der Waals surface area contributed by atoms with Crippen molar-refractivity contribution in [2.75, 3.05) is 24.3 Å². The first kappa shape index (κ1) is 19.8. The molecule has 2 aromatic rings. The molecule has 1 fully saturated rings. The molecule has 0 radical (unpaired) electrons. The van der Waals surface area contributed by atoms with Crippen LogP contribution in [0.3, 0.4) is 0 Å². The van der Waals surface area contributed by atoms with Crippen molar-refractivity contribution in [2.24, 2.45) is 0 Å². The number of methoxy groups -OCH3 is 1. The van der Waals surface area contributed by atoms with Crippen molar-refractivity contribution in [3.63, 3.8) is 0 Å². The lowest BCUT2D eigenvalue weighted by Crippen LogP contribution is -2.38. The molecule has 1 aromatic heterocycles. The van der Waals surface area contributed by atoms with E-state index in [4.69, 9.17) is 4.74 Å². The summed E-state index contributed by atoms with van der Waals surface area (Å²) >= 11 is 1.99. The lowest BCUT2D eigenvalue weighted by Gasteiger charge is -2.14. The third-order valence-electron chi connectivity index (χ3n) is 3.73. The Hall–Kier alpha value is -2.92. The second-order valence-corrected chi connectivity index (χ2v) is 7.71. The van der Waals surface area contributed by atoms with Gasteiger partial charge in [-0.3, -0.25) is 24.1 Å². The summed E-state index contributed by atoms with van der Waals surface area (Å²) < 4.78 is 5.04. The molecule has 0 spiro atoms. The number of nitrogens with one attached hydrogen (secondary N) is 2. The van der Waals surface area contributed by atoms with Gasteiger partial charge in [0.1, 0.15) is 17.5 Å². The van der Waals surface area contributed by atoms with Gasteiger partial charge < -0.3 is 15.4 Å². The monoisotopic (exact) mass is 420 g/mol. The molecule has 4 amide bonds. The van der Waals surface area contributed by atoms with Crippen molar-refractivity contribution in [3.05, 3.63) is 35.8 Å². The summed E-state index contributed by atoms with van der Waals surface area (Å²) in [7, 11) is 1.53. The van der Waals surface area contributed by atoms with Crippen LogP contribution in [-0.2, 0) is 14.4 Å². The Morgan fingerprint density at radius 1 is 1.18 bits per heavy atom. The van der Waals surface area contributed by atoms with Crippen LogP contribution >= 0.6 is 23.1 Å². The van der Waals surface area contributed by atoms with Crippen LogP contribution in [0.4, 0.5) is 15.6 Å². The summed E-state index contributed by atoms with van der Waals surface area (Å²) in [5.41, 5.74) is 0.511. The third kappa shape index (κ3) is 4.87. The SMILES string of the molecule is COc1ccc(NC(=O)CN2C(=O)S[C@@H](CC(=O)Nc3nccs3)C2=O)cc1. The second-order valence-electron chi connectivity index (χ2n) is 5.66. The van der Waals surface area contributed by atoms with Crippen LogP contribution in [-0.4, -0.2) is 51.7 Å². The van der Waals surface area contributed by atoms with Crippen LogP contribution in [0.15, 0.2) is 35.8 Å². The predicted molar refractivity (Wildman–Crippen MR) is 105 cm³/mol. The van der Waals surface area contributed by atoms with Gasteiger partial charge in [-0.15, -0.1) is 11.3 Å². The van der Waals surface area contributed by atoms with Crippen LogP contribution < -0.4 is 15.4 Å². The first-order valence-electron chi connectivity index (χ1n) is 8.11. The van der Waals surface area contributed by atoms with E-state index in [1.54, 1.807) is 35.8 Å². The van der Waals surface area contributed by atoms with E-state index in [1.165, 1.54) is 18.4 Å². The molecule has 0 unspecified atom stereocenters. The number of amides is 4. The van der Waals surface area contributed by atoms with Crippen LogP contribution in [0.5, 0.6) is 5.75 Å². The van der Waals surface area contributed by atoms with E-state index in [1.807, 2.05) is 0 Å². The Kier molecular flexibility index (Phi) is 6.26. The highest BCUT2D eigenvalue weighted by molar-refractivity contribution is 8.15. The molecule has 1 atom stereocenters. The predicted octanol–water partition coefficient (Wildman–Crippen LogP) is 2.18. The number of carbonyl (C=O) groups is 4. The largest absolute Gasteiger partial charge is 0.497 e. The van der Waals surface area contributed by atoms with Gasteiger partial charge in [-0.2, -0.15) is 0 Å². The van der Waals surface area contributed by atoms with E-state index in [2.05, 4.69) is 15.6 Å². The molecule has 1 aromatic carbocycles. The average Bonchev–Trinajstić information content (AvgIpc) is 3.26. The zero-order valence-electron chi connectivity index (χ0n) is 14.7. The number of carbonyl (C=O) groups excluding carboxylic acids is 4. The van der Waals surface area contributed by atoms with Crippen LogP contribution in [0, 0.1) is 0 Å². The number of thioether (sulfide) groups is 1. The molecular weight excluding hydrogens is 404 g/mol. The van der Waals surface area contributed by atoms with Gasteiger partial charge in [0, 0.05) is 23.7 Å². The van der Waals surface area contributed by atoms with E-state index < -0.39 is 34.8 Å². The molecule has 1 aliphatic rings. The number of ether oxygens (including phenoxy) is 1. The van der Waals surface area contributed by atoms with Crippen molar-refractivity contribution in [1.29, 1.82) is 0 Å². The number of hydrogen-bond acceptors (Lipinski definition) is 8. The van der Waals surface area contributed by atoms with E-state index in [9.17, 15) is 19.2 Å². The van der Waals surface area contributed by atoms with Gasteiger partial charge in [0.2, 0.25) is 17.7 Å². The van der Waals surface area contributed by atoms with Crippen molar-refractivity contribution in [3.8, 4) is 5.75 Å². The number of thiazole rings is 1. The fourth-order valence-corrected chi connectivity index (χ4v) is 3.95. The molecule has 0 aliphatic carbocycles. The standard InChI is InChI=1S/C17H16N4O5S2/c1-26-11-4-2-10(3-5-11)19-14(23)9-21-15(24)12(28-17(21)25)8-13(22)20-16-18-6-7-27-16/h2-7,12H,8-9H2,1H3,(H,19,23)(H,18,20,22)/t12-/m0/s1. The van der Waals surface area contributed by atoms with Crippen molar-refractivity contribution in [2.45, 2.75) is 11.7 Å². The minimum atomic E-state index is -0.860. The zero-order chi connectivity index (χ0) is 20.1. The number of aromatic nitrogens is 1. The van der Waals surface area contributed by atoms with Gasteiger partial charge in [-0.1, -0.05) is 11.8 Å². The number of rotatable bonds is 7.